The van der Waals surface area contributed by atoms with Gasteiger partial charge in [0.1, 0.15) is 6.04 Å². The standard InChI is InChI=1S/C11H12F3NO2.ClH/c12-11(13,14)8-4-1-7(2-5-8)3-6-9(15)10(16)17;/h1-2,4-5,9H,3,6,15H2,(H,16,17);1H. The maximum atomic E-state index is 12.2. The van der Waals surface area contributed by atoms with Gasteiger partial charge in [0.05, 0.1) is 5.56 Å². The Bertz CT molecular complexity index is 392. The average Bonchev–Trinajstić information content (AvgIpc) is 2.25. The molecule has 0 saturated carbocycles. The second-order valence-corrected chi connectivity index (χ2v) is 3.68. The molecule has 1 atom stereocenters. The van der Waals surface area contributed by atoms with E-state index in [1.165, 1.54) is 12.1 Å². The van der Waals surface area contributed by atoms with Gasteiger partial charge in [-0.05, 0) is 30.5 Å². The summed E-state index contributed by atoms with van der Waals surface area (Å²) in [4.78, 5) is 10.4. The lowest BCUT2D eigenvalue weighted by Crippen LogP contribution is -2.30. The molecular weight excluding hydrogens is 271 g/mol. The molecule has 1 rings (SSSR count). The van der Waals surface area contributed by atoms with Crippen molar-refractivity contribution in [2.45, 2.75) is 25.1 Å². The summed E-state index contributed by atoms with van der Waals surface area (Å²) in [5.41, 5.74) is 5.20. The molecule has 0 amide bonds. The molecule has 0 aliphatic carbocycles. The smallest absolute Gasteiger partial charge is 0.416 e. The van der Waals surface area contributed by atoms with E-state index < -0.39 is 23.8 Å². The van der Waals surface area contributed by atoms with Gasteiger partial charge in [0, 0.05) is 0 Å². The van der Waals surface area contributed by atoms with Gasteiger partial charge in [-0.15, -0.1) is 12.4 Å². The number of nitrogens with two attached hydrogens (primary N) is 1. The summed E-state index contributed by atoms with van der Waals surface area (Å²) < 4.78 is 36.7. The van der Waals surface area contributed by atoms with E-state index in [9.17, 15) is 18.0 Å². The van der Waals surface area contributed by atoms with E-state index in [1.807, 2.05) is 0 Å². The fourth-order valence-corrected chi connectivity index (χ4v) is 1.31. The molecule has 3 nitrogen and oxygen atoms in total. The van der Waals surface area contributed by atoms with Crippen LogP contribution in [0.3, 0.4) is 0 Å². The van der Waals surface area contributed by atoms with Gasteiger partial charge in [0.25, 0.3) is 0 Å². The van der Waals surface area contributed by atoms with Crippen LogP contribution in [0.2, 0.25) is 0 Å². The van der Waals surface area contributed by atoms with Crippen molar-refractivity contribution in [2.24, 2.45) is 5.73 Å². The average molecular weight is 284 g/mol. The second-order valence-electron chi connectivity index (χ2n) is 3.68. The third-order valence-electron chi connectivity index (χ3n) is 2.34. The third-order valence-corrected chi connectivity index (χ3v) is 2.34. The van der Waals surface area contributed by atoms with Gasteiger partial charge in [0.2, 0.25) is 0 Å². The topological polar surface area (TPSA) is 63.3 Å². The summed E-state index contributed by atoms with van der Waals surface area (Å²) in [5, 5.41) is 8.54. The Kier molecular flexibility index (Phi) is 6.14. The molecule has 1 unspecified atom stereocenters. The second kappa shape index (κ2) is 6.61. The maximum Gasteiger partial charge on any atom is 0.416 e. The van der Waals surface area contributed by atoms with Crippen molar-refractivity contribution in [1.82, 2.24) is 0 Å². The zero-order valence-electron chi connectivity index (χ0n) is 9.28. The monoisotopic (exact) mass is 283 g/mol. The number of alkyl halides is 3. The Morgan fingerprint density at radius 2 is 1.78 bits per heavy atom. The lowest BCUT2D eigenvalue weighted by molar-refractivity contribution is -0.139. The maximum absolute atomic E-state index is 12.2. The minimum Gasteiger partial charge on any atom is -0.480 e. The first kappa shape index (κ1) is 16.7. The van der Waals surface area contributed by atoms with E-state index >= 15 is 0 Å². The van der Waals surface area contributed by atoms with E-state index in [1.54, 1.807) is 0 Å². The number of hydrogen-bond acceptors (Lipinski definition) is 2. The molecule has 1 aromatic rings. The highest BCUT2D eigenvalue weighted by atomic mass is 35.5. The number of benzene rings is 1. The first-order valence-corrected chi connectivity index (χ1v) is 4.95. The summed E-state index contributed by atoms with van der Waals surface area (Å²) in [6.07, 6.45) is -3.82. The molecule has 0 saturated heterocycles. The molecule has 0 bridgehead atoms. The Balaban J connectivity index is 0.00000289. The quantitative estimate of drug-likeness (QED) is 0.892. The molecule has 102 valence electrons. The predicted molar refractivity (Wildman–Crippen MR) is 62.6 cm³/mol. The Morgan fingerprint density at radius 1 is 1.28 bits per heavy atom. The van der Waals surface area contributed by atoms with Gasteiger partial charge in [-0.1, -0.05) is 12.1 Å². The van der Waals surface area contributed by atoms with Crippen LogP contribution >= 0.6 is 12.4 Å². The van der Waals surface area contributed by atoms with Gasteiger partial charge in [-0.3, -0.25) is 4.79 Å². The summed E-state index contributed by atoms with van der Waals surface area (Å²) in [6.45, 7) is 0. The molecule has 3 N–H and O–H groups in total. The lowest BCUT2D eigenvalue weighted by Gasteiger charge is -2.08. The van der Waals surface area contributed by atoms with Gasteiger partial charge in [0.15, 0.2) is 0 Å². The highest BCUT2D eigenvalue weighted by molar-refractivity contribution is 5.85. The number of carboxylic acid groups (broad SMARTS) is 1. The summed E-state index contributed by atoms with van der Waals surface area (Å²) in [6, 6.07) is 3.62. The van der Waals surface area contributed by atoms with Crippen LogP contribution in [0, 0.1) is 0 Å². The molecular formula is C11H13ClF3NO2. The van der Waals surface area contributed by atoms with E-state index in [2.05, 4.69) is 0 Å². The van der Waals surface area contributed by atoms with E-state index in [4.69, 9.17) is 10.8 Å². The molecule has 0 aliphatic heterocycles. The van der Waals surface area contributed by atoms with Crippen LogP contribution in [0.1, 0.15) is 17.5 Å². The number of carboxylic acids is 1. The zero-order valence-corrected chi connectivity index (χ0v) is 10.1. The minimum atomic E-state index is -4.35. The van der Waals surface area contributed by atoms with Crippen LogP contribution < -0.4 is 5.73 Å². The van der Waals surface area contributed by atoms with E-state index in [-0.39, 0.29) is 18.8 Å². The predicted octanol–water partition coefficient (Wildman–Crippen LogP) is 2.47. The van der Waals surface area contributed by atoms with Crippen LogP contribution in [0.25, 0.3) is 0 Å². The van der Waals surface area contributed by atoms with Crippen molar-refractivity contribution >= 4 is 18.4 Å². The summed E-state index contributed by atoms with van der Waals surface area (Å²) in [5.74, 6) is -1.11. The van der Waals surface area contributed by atoms with Crippen LogP contribution in [0.4, 0.5) is 13.2 Å². The van der Waals surface area contributed by atoms with Gasteiger partial charge < -0.3 is 10.8 Å². The van der Waals surface area contributed by atoms with Crippen LogP contribution in [-0.2, 0) is 17.4 Å². The van der Waals surface area contributed by atoms with Crippen LogP contribution in [-0.4, -0.2) is 17.1 Å². The first-order valence-electron chi connectivity index (χ1n) is 4.95. The largest absolute Gasteiger partial charge is 0.480 e. The number of hydrogen-bond donors (Lipinski definition) is 2. The van der Waals surface area contributed by atoms with Gasteiger partial charge in [-0.2, -0.15) is 13.2 Å². The van der Waals surface area contributed by atoms with Crippen molar-refractivity contribution in [1.29, 1.82) is 0 Å². The molecule has 0 aliphatic rings. The molecule has 0 radical (unpaired) electrons. The Morgan fingerprint density at radius 3 is 2.17 bits per heavy atom. The van der Waals surface area contributed by atoms with Crippen molar-refractivity contribution in [3.05, 3.63) is 35.4 Å². The SMILES string of the molecule is Cl.NC(CCc1ccc(C(F)(F)F)cc1)C(=O)O. The zero-order chi connectivity index (χ0) is 13.1. The van der Waals surface area contributed by atoms with Crippen LogP contribution in [0.5, 0.6) is 0 Å². The molecule has 18 heavy (non-hydrogen) atoms. The lowest BCUT2D eigenvalue weighted by atomic mass is 10.0. The van der Waals surface area contributed by atoms with Gasteiger partial charge in [-0.25, -0.2) is 0 Å². The van der Waals surface area contributed by atoms with Crippen molar-refractivity contribution in [2.75, 3.05) is 0 Å². The van der Waals surface area contributed by atoms with E-state index in [0.717, 1.165) is 12.1 Å². The van der Waals surface area contributed by atoms with Crippen molar-refractivity contribution in [3.63, 3.8) is 0 Å². The Labute approximate surface area is 108 Å². The molecule has 0 spiro atoms. The summed E-state index contributed by atoms with van der Waals surface area (Å²) >= 11 is 0. The van der Waals surface area contributed by atoms with Crippen molar-refractivity contribution < 1.29 is 23.1 Å². The van der Waals surface area contributed by atoms with Crippen LogP contribution in [0.15, 0.2) is 24.3 Å². The first-order chi connectivity index (χ1) is 7.80. The highest BCUT2D eigenvalue weighted by Crippen LogP contribution is 2.29. The van der Waals surface area contributed by atoms with Crippen molar-refractivity contribution in [3.8, 4) is 0 Å². The molecule has 0 aromatic heterocycles. The molecule has 1 aromatic carbocycles. The number of aliphatic carboxylic acids is 1. The Hall–Kier alpha value is -1.27. The molecule has 7 heteroatoms. The number of aryl methyl sites for hydroxylation is 1. The molecule has 0 fully saturated rings. The number of halogens is 4. The molecule has 0 heterocycles. The fourth-order valence-electron chi connectivity index (χ4n) is 1.31. The third kappa shape index (κ3) is 4.93. The van der Waals surface area contributed by atoms with E-state index in [0.29, 0.717) is 12.0 Å². The highest BCUT2D eigenvalue weighted by Gasteiger charge is 2.29. The summed E-state index contributed by atoms with van der Waals surface area (Å²) in [7, 11) is 0. The normalized spacial score (nSPS) is 12.7. The number of rotatable bonds is 4. The fraction of sp³-hybridized carbons (Fsp3) is 0.364. The number of carbonyl (C=O) groups is 1. The minimum absolute atomic E-state index is 0. The van der Waals surface area contributed by atoms with Gasteiger partial charge >= 0.3 is 12.1 Å².